The first-order chi connectivity index (χ1) is 8.16. The van der Waals surface area contributed by atoms with Crippen molar-refractivity contribution in [2.75, 3.05) is 0 Å². The normalized spacial score (nSPS) is 11.1. The van der Waals surface area contributed by atoms with Gasteiger partial charge in [-0.3, -0.25) is 5.10 Å². The topological polar surface area (TPSA) is 70.4 Å². The number of aryl methyl sites for hydroxylation is 1. The summed E-state index contributed by atoms with van der Waals surface area (Å²) in [4.78, 5) is 11.9. The molecule has 17 heavy (non-hydrogen) atoms. The monoisotopic (exact) mass is 247 g/mol. The number of aromatic nitrogens is 3. The highest BCUT2D eigenvalue weighted by Gasteiger charge is 2.15. The molecule has 0 aromatic carbocycles. The third kappa shape index (κ3) is 1.45. The lowest BCUT2D eigenvalue weighted by atomic mass is 10.2. The molecule has 0 aliphatic heterocycles. The Morgan fingerprint density at radius 1 is 1.53 bits per heavy atom. The maximum atomic E-state index is 10.8. The summed E-state index contributed by atoms with van der Waals surface area (Å²) in [6.45, 7) is 1.99. The average Bonchev–Trinajstić information content (AvgIpc) is 2.91. The van der Waals surface area contributed by atoms with Gasteiger partial charge in [-0.1, -0.05) is 0 Å². The van der Waals surface area contributed by atoms with E-state index in [1.54, 1.807) is 17.4 Å². The summed E-state index contributed by atoms with van der Waals surface area (Å²) in [6.07, 6.45) is 1.96. The molecule has 0 saturated carbocycles. The molecular weight excluding hydrogens is 238 g/mol. The molecule has 3 aromatic rings. The van der Waals surface area contributed by atoms with Gasteiger partial charge in [-0.05, 0) is 18.6 Å². The Hall–Kier alpha value is -2.08. The first-order valence-corrected chi connectivity index (χ1v) is 5.89. The second-order valence-corrected chi connectivity index (χ2v) is 4.69. The number of nitrogens with zero attached hydrogens (tertiary/aromatic N) is 2. The van der Waals surface area contributed by atoms with Crippen LogP contribution in [0.15, 0.2) is 23.7 Å². The molecule has 0 amide bonds. The van der Waals surface area contributed by atoms with Crippen molar-refractivity contribution >= 4 is 22.1 Å². The van der Waals surface area contributed by atoms with Gasteiger partial charge in [0.15, 0.2) is 0 Å². The van der Waals surface area contributed by atoms with Crippen LogP contribution in [0.4, 0.5) is 0 Å². The van der Waals surface area contributed by atoms with Crippen molar-refractivity contribution in [2.24, 2.45) is 0 Å². The smallest absolute Gasteiger partial charge is 0.353 e. The Labute approximate surface area is 100 Å². The number of hydrogen-bond donors (Lipinski definition) is 2. The Morgan fingerprint density at radius 2 is 2.35 bits per heavy atom. The number of aromatic amines is 1. The fourth-order valence-corrected chi connectivity index (χ4v) is 2.73. The molecule has 0 atom stereocenters. The van der Waals surface area contributed by atoms with Crippen LogP contribution in [0.25, 0.3) is 16.2 Å². The number of carboxylic acids is 1. The first-order valence-electron chi connectivity index (χ1n) is 5.01. The van der Waals surface area contributed by atoms with Crippen LogP contribution in [0.1, 0.15) is 16.1 Å². The van der Waals surface area contributed by atoms with Crippen molar-refractivity contribution in [3.63, 3.8) is 0 Å². The molecular formula is C11H9N3O2S. The Kier molecular flexibility index (Phi) is 2.05. The second kappa shape index (κ2) is 3.46. The number of fused-ring (bicyclic) bond motifs is 1. The number of H-pyrrole nitrogens is 1. The van der Waals surface area contributed by atoms with E-state index in [1.165, 1.54) is 0 Å². The zero-order valence-corrected chi connectivity index (χ0v) is 9.78. The van der Waals surface area contributed by atoms with Crippen LogP contribution in [0.3, 0.4) is 0 Å². The molecule has 0 saturated heterocycles. The van der Waals surface area contributed by atoms with E-state index in [4.69, 9.17) is 5.11 Å². The van der Waals surface area contributed by atoms with Crippen molar-refractivity contribution in [1.29, 1.82) is 0 Å². The van der Waals surface area contributed by atoms with Crippen molar-refractivity contribution in [1.82, 2.24) is 14.6 Å². The van der Waals surface area contributed by atoms with Gasteiger partial charge in [0.05, 0.1) is 10.5 Å². The van der Waals surface area contributed by atoms with Gasteiger partial charge in [0.25, 0.3) is 0 Å². The summed E-state index contributed by atoms with van der Waals surface area (Å²) < 4.78 is 2.02. The van der Waals surface area contributed by atoms with E-state index in [2.05, 4.69) is 16.3 Å². The molecule has 3 rings (SSSR count). The van der Waals surface area contributed by atoms with Gasteiger partial charge in [0, 0.05) is 17.6 Å². The predicted molar refractivity (Wildman–Crippen MR) is 64.6 cm³/mol. The van der Waals surface area contributed by atoms with Gasteiger partial charge < -0.3 is 9.51 Å². The summed E-state index contributed by atoms with van der Waals surface area (Å²) in [5.41, 5.74) is 2.77. The molecule has 0 spiro atoms. The minimum absolute atomic E-state index is 0.101. The van der Waals surface area contributed by atoms with Gasteiger partial charge in [0.2, 0.25) is 0 Å². The highest BCUT2D eigenvalue weighted by Crippen LogP contribution is 2.28. The maximum Gasteiger partial charge on any atom is 0.353 e. The molecule has 3 heterocycles. The standard InChI is InChI=1S/C11H9N3O2S/c1-6-4-9-14(2-3-17-9)10(6)7-5-8(11(15)16)13-12-7/h2-5H,1H3,(H,12,13)(H,15,16). The van der Waals surface area contributed by atoms with E-state index < -0.39 is 5.97 Å². The zero-order chi connectivity index (χ0) is 12.0. The second-order valence-electron chi connectivity index (χ2n) is 3.76. The van der Waals surface area contributed by atoms with Gasteiger partial charge in [0.1, 0.15) is 11.4 Å². The molecule has 5 nitrogen and oxygen atoms in total. The number of nitrogens with one attached hydrogen (secondary N) is 1. The largest absolute Gasteiger partial charge is 0.477 e. The molecule has 0 bridgehead atoms. The SMILES string of the molecule is Cc1cc2sccn2c1-c1cc(C(=O)O)[nH]n1. The minimum atomic E-state index is -1.00. The third-order valence-corrected chi connectivity index (χ3v) is 3.46. The molecule has 0 fully saturated rings. The molecule has 6 heteroatoms. The summed E-state index contributed by atoms with van der Waals surface area (Å²) in [5, 5.41) is 17.4. The van der Waals surface area contributed by atoms with E-state index in [0.717, 1.165) is 16.1 Å². The molecule has 0 aliphatic rings. The predicted octanol–water partition coefficient (Wildman–Crippen LogP) is 2.40. The molecule has 2 N–H and O–H groups in total. The van der Waals surface area contributed by atoms with Crippen LogP contribution in [0.2, 0.25) is 0 Å². The molecule has 3 aromatic heterocycles. The minimum Gasteiger partial charge on any atom is -0.477 e. The Balaban J connectivity index is 2.22. The van der Waals surface area contributed by atoms with Crippen molar-refractivity contribution in [2.45, 2.75) is 6.92 Å². The van der Waals surface area contributed by atoms with Crippen LogP contribution in [-0.4, -0.2) is 25.7 Å². The summed E-state index contributed by atoms with van der Waals surface area (Å²) in [6, 6.07) is 3.61. The van der Waals surface area contributed by atoms with Crippen LogP contribution in [0, 0.1) is 6.92 Å². The van der Waals surface area contributed by atoms with E-state index in [9.17, 15) is 4.79 Å². The average molecular weight is 247 g/mol. The Morgan fingerprint density at radius 3 is 3.06 bits per heavy atom. The molecule has 86 valence electrons. The van der Waals surface area contributed by atoms with Gasteiger partial charge in [-0.15, -0.1) is 11.3 Å². The van der Waals surface area contributed by atoms with E-state index in [1.807, 2.05) is 22.9 Å². The summed E-state index contributed by atoms with van der Waals surface area (Å²) in [5.74, 6) is -1.00. The number of carbonyl (C=O) groups is 1. The van der Waals surface area contributed by atoms with Crippen LogP contribution < -0.4 is 0 Å². The van der Waals surface area contributed by atoms with Gasteiger partial charge in [-0.2, -0.15) is 5.10 Å². The van der Waals surface area contributed by atoms with Crippen LogP contribution in [-0.2, 0) is 0 Å². The zero-order valence-electron chi connectivity index (χ0n) is 8.97. The van der Waals surface area contributed by atoms with Crippen molar-refractivity contribution in [3.05, 3.63) is 35.0 Å². The number of aromatic carboxylic acids is 1. The van der Waals surface area contributed by atoms with Crippen molar-refractivity contribution < 1.29 is 9.90 Å². The number of hydrogen-bond acceptors (Lipinski definition) is 3. The van der Waals surface area contributed by atoms with Crippen LogP contribution in [0.5, 0.6) is 0 Å². The van der Waals surface area contributed by atoms with Gasteiger partial charge in [-0.25, -0.2) is 4.79 Å². The van der Waals surface area contributed by atoms with Gasteiger partial charge >= 0.3 is 5.97 Å². The lowest BCUT2D eigenvalue weighted by Crippen LogP contribution is -1.95. The third-order valence-electron chi connectivity index (χ3n) is 2.64. The Bertz CT molecular complexity index is 707. The van der Waals surface area contributed by atoms with E-state index >= 15 is 0 Å². The molecule has 0 aliphatic carbocycles. The maximum absolute atomic E-state index is 10.8. The summed E-state index contributed by atoms with van der Waals surface area (Å²) in [7, 11) is 0. The van der Waals surface area contributed by atoms with Crippen molar-refractivity contribution in [3.8, 4) is 11.4 Å². The highest BCUT2D eigenvalue weighted by molar-refractivity contribution is 7.15. The fraction of sp³-hybridized carbons (Fsp3) is 0.0909. The lowest BCUT2D eigenvalue weighted by molar-refractivity contribution is 0.0690. The number of thiazole rings is 1. The van der Waals surface area contributed by atoms with Crippen LogP contribution >= 0.6 is 11.3 Å². The quantitative estimate of drug-likeness (QED) is 0.730. The lowest BCUT2D eigenvalue weighted by Gasteiger charge is -1.96. The van der Waals surface area contributed by atoms with E-state index in [0.29, 0.717) is 5.69 Å². The molecule has 0 radical (unpaired) electrons. The number of rotatable bonds is 2. The number of carboxylic acid groups (broad SMARTS) is 1. The van der Waals surface area contributed by atoms with E-state index in [-0.39, 0.29) is 5.69 Å². The molecule has 0 unspecified atom stereocenters. The highest BCUT2D eigenvalue weighted by atomic mass is 32.1. The first kappa shape index (κ1) is 10.1. The summed E-state index contributed by atoms with van der Waals surface area (Å²) >= 11 is 1.64. The fourth-order valence-electron chi connectivity index (χ4n) is 1.90.